The first-order chi connectivity index (χ1) is 13.2. The van der Waals surface area contributed by atoms with Gasteiger partial charge in [0, 0.05) is 48.9 Å². The number of pyridine rings is 1. The molecule has 0 spiro atoms. The molecule has 1 aliphatic carbocycles. The lowest BCUT2D eigenvalue weighted by Crippen LogP contribution is -2.42. The van der Waals surface area contributed by atoms with Gasteiger partial charge in [0.1, 0.15) is 5.82 Å². The fourth-order valence-corrected chi connectivity index (χ4v) is 4.64. The van der Waals surface area contributed by atoms with Gasteiger partial charge in [0.15, 0.2) is 0 Å². The minimum absolute atomic E-state index is 0.562. The Morgan fingerprint density at radius 3 is 2.85 bits per heavy atom. The number of aryl methyl sites for hydroxylation is 2. The average Bonchev–Trinajstić information content (AvgIpc) is 3.10. The number of benzene rings is 1. The van der Waals surface area contributed by atoms with E-state index >= 15 is 0 Å². The number of H-pyrrole nitrogens is 1. The van der Waals surface area contributed by atoms with E-state index in [-0.39, 0.29) is 0 Å². The molecule has 0 saturated carbocycles. The number of aromatic nitrogens is 3. The Labute approximate surface area is 164 Å². The number of halogens is 1. The fraction of sp³-hybridized carbons (Fsp3) is 0.364. The molecule has 5 heteroatoms. The van der Waals surface area contributed by atoms with E-state index in [0.717, 1.165) is 54.5 Å². The first-order valence-electron chi connectivity index (χ1n) is 9.69. The van der Waals surface area contributed by atoms with Crippen LogP contribution < -0.4 is 0 Å². The van der Waals surface area contributed by atoms with Gasteiger partial charge >= 0.3 is 0 Å². The van der Waals surface area contributed by atoms with Gasteiger partial charge in [0.2, 0.25) is 0 Å². The number of fused-ring (bicyclic) bond motifs is 2. The molecule has 1 atom stereocenters. The Morgan fingerprint density at radius 1 is 1.07 bits per heavy atom. The van der Waals surface area contributed by atoms with E-state index < -0.39 is 0 Å². The average molecular weight is 379 g/mol. The molecule has 1 unspecified atom stereocenters. The van der Waals surface area contributed by atoms with Crippen LogP contribution in [0.5, 0.6) is 0 Å². The second kappa shape index (κ2) is 6.77. The van der Waals surface area contributed by atoms with Crippen LogP contribution in [0.1, 0.15) is 34.8 Å². The quantitative estimate of drug-likeness (QED) is 0.721. The van der Waals surface area contributed by atoms with Gasteiger partial charge < -0.3 is 4.98 Å². The van der Waals surface area contributed by atoms with Crippen LogP contribution >= 0.6 is 11.6 Å². The molecule has 3 aromatic rings. The summed E-state index contributed by atoms with van der Waals surface area (Å²) in [6.07, 6.45) is 4.38. The highest BCUT2D eigenvalue weighted by Gasteiger charge is 2.29. The highest BCUT2D eigenvalue weighted by molar-refractivity contribution is 6.33. The molecule has 4 nitrogen and oxygen atoms in total. The van der Waals surface area contributed by atoms with Gasteiger partial charge in [-0.05, 0) is 43.5 Å². The van der Waals surface area contributed by atoms with Crippen molar-refractivity contribution in [1.29, 1.82) is 0 Å². The Kier molecular flexibility index (Phi) is 4.25. The van der Waals surface area contributed by atoms with Crippen LogP contribution in [-0.2, 0) is 25.8 Å². The van der Waals surface area contributed by atoms with Crippen LogP contribution in [0.3, 0.4) is 0 Å². The SMILES string of the molecule is Cc1ccc2c(n1)CC(N1CCc3nc(-c4ccccc4Cl)[nH]c3C1)CC2. The van der Waals surface area contributed by atoms with E-state index in [1.54, 1.807) is 0 Å². The van der Waals surface area contributed by atoms with E-state index in [9.17, 15) is 0 Å². The van der Waals surface area contributed by atoms with Crippen LogP contribution in [0.2, 0.25) is 5.02 Å². The summed E-state index contributed by atoms with van der Waals surface area (Å²) in [5.41, 5.74) is 7.24. The van der Waals surface area contributed by atoms with E-state index in [2.05, 4.69) is 28.9 Å². The normalized spacial score (nSPS) is 19.6. The molecule has 0 fully saturated rings. The van der Waals surface area contributed by atoms with Crippen molar-refractivity contribution in [2.75, 3.05) is 6.54 Å². The summed E-state index contributed by atoms with van der Waals surface area (Å²) in [6.45, 7) is 4.07. The van der Waals surface area contributed by atoms with Crippen molar-refractivity contribution in [3.8, 4) is 11.4 Å². The molecular weight excluding hydrogens is 356 g/mol. The van der Waals surface area contributed by atoms with Crippen molar-refractivity contribution in [2.45, 2.75) is 45.2 Å². The molecule has 1 aromatic carbocycles. The smallest absolute Gasteiger partial charge is 0.139 e. The molecule has 5 rings (SSSR count). The van der Waals surface area contributed by atoms with Gasteiger partial charge in [-0.3, -0.25) is 9.88 Å². The second-order valence-electron chi connectivity index (χ2n) is 7.67. The van der Waals surface area contributed by atoms with Crippen molar-refractivity contribution in [2.24, 2.45) is 0 Å². The number of rotatable bonds is 2. The molecule has 1 N–H and O–H groups in total. The molecule has 138 valence electrons. The van der Waals surface area contributed by atoms with Crippen molar-refractivity contribution >= 4 is 11.6 Å². The lowest BCUT2D eigenvalue weighted by atomic mass is 9.90. The number of imidazole rings is 1. The Balaban J connectivity index is 1.37. The second-order valence-corrected chi connectivity index (χ2v) is 8.07. The van der Waals surface area contributed by atoms with Crippen molar-refractivity contribution in [3.05, 3.63) is 69.8 Å². The van der Waals surface area contributed by atoms with E-state index in [0.29, 0.717) is 6.04 Å². The molecule has 27 heavy (non-hydrogen) atoms. The maximum Gasteiger partial charge on any atom is 0.139 e. The first kappa shape index (κ1) is 17.0. The zero-order valence-corrected chi connectivity index (χ0v) is 16.3. The highest BCUT2D eigenvalue weighted by Crippen LogP contribution is 2.30. The third-order valence-corrected chi connectivity index (χ3v) is 6.22. The molecular formula is C22H23ClN4. The summed E-state index contributed by atoms with van der Waals surface area (Å²) in [5.74, 6) is 0.888. The number of nitrogens with one attached hydrogen (secondary N) is 1. The topological polar surface area (TPSA) is 44.8 Å². The molecule has 0 amide bonds. The molecule has 0 saturated heterocycles. The zero-order valence-electron chi connectivity index (χ0n) is 15.5. The lowest BCUT2D eigenvalue weighted by molar-refractivity contribution is 0.159. The minimum atomic E-state index is 0.562. The van der Waals surface area contributed by atoms with Crippen LogP contribution in [0, 0.1) is 6.92 Å². The Hall–Kier alpha value is -2.17. The van der Waals surface area contributed by atoms with Gasteiger partial charge in [0.25, 0.3) is 0 Å². The summed E-state index contributed by atoms with van der Waals surface area (Å²) in [5, 5.41) is 0.741. The maximum atomic E-state index is 6.36. The summed E-state index contributed by atoms with van der Waals surface area (Å²) >= 11 is 6.36. The van der Waals surface area contributed by atoms with Crippen molar-refractivity contribution in [1.82, 2.24) is 19.9 Å². The van der Waals surface area contributed by atoms with Gasteiger partial charge in [-0.1, -0.05) is 29.8 Å². The molecule has 1 aliphatic heterocycles. The Bertz CT molecular complexity index is 994. The van der Waals surface area contributed by atoms with Gasteiger partial charge in [-0.15, -0.1) is 0 Å². The number of hydrogen-bond donors (Lipinski definition) is 1. The predicted molar refractivity (Wildman–Crippen MR) is 108 cm³/mol. The van der Waals surface area contributed by atoms with Crippen molar-refractivity contribution < 1.29 is 0 Å². The third-order valence-electron chi connectivity index (χ3n) is 5.89. The van der Waals surface area contributed by atoms with E-state index in [4.69, 9.17) is 21.6 Å². The minimum Gasteiger partial charge on any atom is -0.340 e. The van der Waals surface area contributed by atoms with E-state index in [1.165, 1.54) is 29.1 Å². The monoisotopic (exact) mass is 378 g/mol. The Morgan fingerprint density at radius 2 is 1.96 bits per heavy atom. The summed E-state index contributed by atoms with van der Waals surface area (Å²) in [7, 11) is 0. The maximum absolute atomic E-state index is 6.36. The first-order valence-corrected chi connectivity index (χ1v) is 10.1. The molecule has 0 radical (unpaired) electrons. The number of hydrogen-bond acceptors (Lipinski definition) is 3. The molecule has 0 bridgehead atoms. The third kappa shape index (κ3) is 3.17. The van der Waals surface area contributed by atoms with Gasteiger partial charge in [-0.2, -0.15) is 0 Å². The van der Waals surface area contributed by atoms with Crippen LogP contribution in [0.15, 0.2) is 36.4 Å². The number of aromatic amines is 1. The lowest BCUT2D eigenvalue weighted by Gasteiger charge is -2.36. The van der Waals surface area contributed by atoms with Crippen LogP contribution in [0.25, 0.3) is 11.4 Å². The summed E-state index contributed by atoms with van der Waals surface area (Å²) in [6, 6.07) is 12.8. The molecule has 2 aliphatic rings. The highest BCUT2D eigenvalue weighted by atomic mass is 35.5. The van der Waals surface area contributed by atoms with Gasteiger partial charge in [-0.25, -0.2) is 4.98 Å². The molecule has 2 aromatic heterocycles. The fourth-order valence-electron chi connectivity index (χ4n) is 4.41. The van der Waals surface area contributed by atoms with Crippen LogP contribution in [0.4, 0.5) is 0 Å². The predicted octanol–water partition coefficient (Wildman–Crippen LogP) is 4.35. The largest absolute Gasteiger partial charge is 0.340 e. The standard InChI is InChI=1S/C22H23ClN4/c1-14-6-7-15-8-9-16(12-20(15)24-14)27-11-10-19-21(13-27)26-22(25-19)17-4-2-3-5-18(17)23/h2-7,16H,8-13H2,1H3,(H,25,26). The number of nitrogens with zero attached hydrogens (tertiary/aromatic N) is 3. The summed E-state index contributed by atoms with van der Waals surface area (Å²) < 4.78 is 0. The van der Waals surface area contributed by atoms with Crippen LogP contribution in [-0.4, -0.2) is 32.4 Å². The molecule has 3 heterocycles. The zero-order chi connectivity index (χ0) is 18.4. The van der Waals surface area contributed by atoms with Crippen molar-refractivity contribution in [3.63, 3.8) is 0 Å². The summed E-state index contributed by atoms with van der Waals surface area (Å²) in [4.78, 5) is 15.8. The van der Waals surface area contributed by atoms with Gasteiger partial charge in [0.05, 0.1) is 16.4 Å². The van der Waals surface area contributed by atoms with E-state index in [1.807, 2.05) is 24.3 Å².